The molecule has 2 unspecified atom stereocenters. The number of methoxy groups -OCH3 is 1. The first kappa shape index (κ1) is 13.8. The van der Waals surface area contributed by atoms with E-state index in [4.69, 9.17) is 10.5 Å². The lowest BCUT2D eigenvalue weighted by molar-refractivity contribution is -0.126. The number of hydrogen-bond acceptors (Lipinski definition) is 4. The van der Waals surface area contributed by atoms with E-state index in [9.17, 15) is 4.79 Å². The number of primary amides is 1. The highest BCUT2D eigenvalue weighted by Gasteiger charge is 2.49. The maximum Gasteiger partial charge on any atom is 0.239 e. The van der Waals surface area contributed by atoms with Crippen LogP contribution >= 0.6 is 0 Å². The zero-order valence-corrected chi connectivity index (χ0v) is 11.4. The van der Waals surface area contributed by atoms with Crippen molar-refractivity contribution in [1.29, 1.82) is 0 Å². The largest absolute Gasteiger partial charge is 0.380 e. The molecule has 1 heterocycles. The number of carbonyl (C=O) groups excluding carboxylic acids is 1. The summed E-state index contributed by atoms with van der Waals surface area (Å²) in [6.07, 6.45) is 4.73. The Hall–Kier alpha value is -0.650. The Labute approximate surface area is 109 Å². The van der Waals surface area contributed by atoms with Gasteiger partial charge in [0, 0.05) is 20.2 Å². The monoisotopic (exact) mass is 255 g/mol. The Kier molecular flexibility index (Phi) is 4.25. The van der Waals surface area contributed by atoms with Gasteiger partial charge in [-0.2, -0.15) is 0 Å². The number of carbonyl (C=O) groups is 1. The normalized spacial score (nSPS) is 28.9. The standard InChI is InChI=1S/C13H25N3O2/c1-15-13(12(14)17,10-5-6-10)9-16-7-3-4-11(8-16)18-2/h10-11,15H,3-9H2,1-2H3,(H2,14,17). The van der Waals surface area contributed by atoms with E-state index in [-0.39, 0.29) is 5.91 Å². The number of rotatable bonds is 6. The lowest BCUT2D eigenvalue weighted by Crippen LogP contribution is -2.63. The first-order valence-electron chi connectivity index (χ1n) is 6.86. The summed E-state index contributed by atoms with van der Waals surface area (Å²) in [7, 11) is 3.61. The molecular weight excluding hydrogens is 230 g/mol. The van der Waals surface area contributed by atoms with E-state index in [0.717, 1.165) is 38.8 Å². The molecule has 2 atom stereocenters. The van der Waals surface area contributed by atoms with E-state index in [2.05, 4.69) is 10.2 Å². The van der Waals surface area contributed by atoms with Crippen molar-refractivity contribution in [1.82, 2.24) is 10.2 Å². The van der Waals surface area contributed by atoms with Crippen LogP contribution in [0.2, 0.25) is 0 Å². The van der Waals surface area contributed by atoms with Crippen molar-refractivity contribution in [3.05, 3.63) is 0 Å². The van der Waals surface area contributed by atoms with Crippen molar-refractivity contribution in [2.24, 2.45) is 11.7 Å². The van der Waals surface area contributed by atoms with Gasteiger partial charge in [0.15, 0.2) is 0 Å². The molecule has 1 amide bonds. The van der Waals surface area contributed by atoms with Crippen LogP contribution in [0, 0.1) is 5.92 Å². The number of nitrogens with one attached hydrogen (secondary N) is 1. The fourth-order valence-corrected chi connectivity index (χ4v) is 3.09. The van der Waals surface area contributed by atoms with Crippen molar-refractivity contribution in [3.63, 3.8) is 0 Å². The van der Waals surface area contributed by atoms with E-state index < -0.39 is 5.54 Å². The topological polar surface area (TPSA) is 67.6 Å². The van der Waals surface area contributed by atoms with Crippen LogP contribution in [0.5, 0.6) is 0 Å². The molecule has 3 N–H and O–H groups in total. The van der Waals surface area contributed by atoms with Crippen LogP contribution in [0.3, 0.4) is 0 Å². The Bertz CT molecular complexity index is 307. The molecule has 1 aliphatic carbocycles. The zero-order valence-electron chi connectivity index (χ0n) is 11.4. The van der Waals surface area contributed by atoms with Crippen molar-refractivity contribution in [3.8, 4) is 0 Å². The molecule has 0 radical (unpaired) electrons. The molecule has 5 heteroatoms. The summed E-state index contributed by atoms with van der Waals surface area (Å²) in [6.45, 7) is 2.65. The molecule has 2 rings (SSSR count). The molecule has 0 aromatic heterocycles. The minimum Gasteiger partial charge on any atom is -0.380 e. The first-order chi connectivity index (χ1) is 8.62. The average molecular weight is 255 g/mol. The lowest BCUT2D eigenvalue weighted by Gasteiger charge is -2.39. The minimum absolute atomic E-state index is 0.216. The molecule has 1 saturated carbocycles. The average Bonchev–Trinajstić information content (AvgIpc) is 3.20. The number of likely N-dealkylation sites (N-methyl/N-ethyl adjacent to an activating group) is 1. The van der Waals surface area contributed by atoms with Gasteiger partial charge in [-0.05, 0) is 45.2 Å². The Morgan fingerprint density at radius 2 is 2.22 bits per heavy atom. The molecule has 1 saturated heterocycles. The Morgan fingerprint density at radius 3 is 2.72 bits per heavy atom. The maximum absolute atomic E-state index is 11.9. The van der Waals surface area contributed by atoms with Gasteiger partial charge in [-0.1, -0.05) is 0 Å². The van der Waals surface area contributed by atoms with Gasteiger partial charge in [-0.15, -0.1) is 0 Å². The van der Waals surface area contributed by atoms with Crippen molar-refractivity contribution >= 4 is 5.91 Å². The lowest BCUT2D eigenvalue weighted by atomic mass is 9.90. The van der Waals surface area contributed by atoms with E-state index in [1.54, 1.807) is 7.11 Å². The second kappa shape index (κ2) is 5.55. The summed E-state index contributed by atoms with van der Waals surface area (Å²) in [5.41, 5.74) is 5.10. The summed E-state index contributed by atoms with van der Waals surface area (Å²) < 4.78 is 5.43. The van der Waals surface area contributed by atoms with Gasteiger partial charge in [-0.25, -0.2) is 0 Å². The van der Waals surface area contributed by atoms with Crippen LogP contribution in [-0.2, 0) is 9.53 Å². The van der Waals surface area contributed by atoms with Crippen molar-refractivity contribution in [2.45, 2.75) is 37.3 Å². The summed E-state index contributed by atoms with van der Waals surface area (Å²) in [5.74, 6) is 0.190. The van der Waals surface area contributed by atoms with Crippen LogP contribution in [0.15, 0.2) is 0 Å². The third-order valence-electron chi connectivity index (χ3n) is 4.43. The second-order valence-corrected chi connectivity index (χ2v) is 5.59. The highest BCUT2D eigenvalue weighted by atomic mass is 16.5. The number of likely N-dealkylation sites (tertiary alicyclic amines) is 1. The van der Waals surface area contributed by atoms with Crippen LogP contribution in [-0.4, -0.2) is 56.2 Å². The molecule has 2 aliphatic rings. The van der Waals surface area contributed by atoms with Crippen LogP contribution < -0.4 is 11.1 Å². The Morgan fingerprint density at radius 1 is 1.50 bits per heavy atom. The number of nitrogens with two attached hydrogens (primary N) is 1. The molecule has 18 heavy (non-hydrogen) atoms. The van der Waals surface area contributed by atoms with Gasteiger partial charge < -0.3 is 15.8 Å². The number of nitrogens with zero attached hydrogens (tertiary/aromatic N) is 1. The fourth-order valence-electron chi connectivity index (χ4n) is 3.09. The van der Waals surface area contributed by atoms with Gasteiger partial charge in [-0.3, -0.25) is 9.69 Å². The molecular formula is C13H25N3O2. The molecule has 1 aliphatic heterocycles. The number of ether oxygens (including phenoxy) is 1. The molecule has 0 spiro atoms. The Balaban J connectivity index is 2.02. The van der Waals surface area contributed by atoms with Gasteiger partial charge in [0.2, 0.25) is 5.91 Å². The van der Waals surface area contributed by atoms with Gasteiger partial charge >= 0.3 is 0 Å². The van der Waals surface area contributed by atoms with Crippen molar-refractivity contribution in [2.75, 3.05) is 33.8 Å². The smallest absolute Gasteiger partial charge is 0.239 e. The predicted molar refractivity (Wildman–Crippen MR) is 70.2 cm³/mol. The molecule has 104 valence electrons. The van der Waals surface area contributed by atoms with Gasteiger partial charge in [0.1, 0.15) is 5.54 Å². The predicted octanol–water partition coefficient (Wildman–Crippen LogP) is -0.0493. The zero-order chi connectivity index (χ0) is 13.2. The van der Waals surface area contributed by atoms with E-state index in [1.165, 1.54) is 0 Å². The highest BCUT2D eigenvalue weighted by Crippen LogP contribution is 2.40. The molecule has 0 bridgehead atoms. The molecule has 5 nitrogen and oxygen atoms in total. The van der Waals surface area contributed by atoms with Crippen molar-refractivity contribution < 1.29 is 9.53 Å². The fraction of sp³-hybridized carbons (Fsp3) is 0.923. The number of amides is 1. The summed E-state index contributed by atoms with van der Waals surface area (Å²) >= 11 is 0. The molecule has 0 aromatic carbocycles. The third kappa shape index (κ3) is 2.68. The molecule has 0 aromatic rings. The first-order valence-corrected chi connectivity index (χ1v) is 6.86. The summed E-state index contributed by atoms with van der Waals surface area (Å²) in [5, 5.41) is 3.20. The summed E-state index contributed by atoms with van der Waals surface area (Å²) in [4.78, 5) is 14.2. The third-order valence-corrected chi connectivity index (χ3v) is 4.43. The quantitative estimate of drug-likeness (QED) is 0.698. The highest BCUT2D eigenvalue weighted by molar-refractivity contribution is 5.86. The van der Waals surface area contributed by atoms with E-state index >= 15 is 0 Å². The van der Waals surface area contributed by atoms with Crippen LogP contribution in [0.25, 0.3) is 0 Å². The van der Waals surface area contributed by atoms with E-state index in [0.29, 0.717) is 18.6 Å². The van der Waals surface area contributed by atoms with Gasteiger partial charge in [0.05, 0.1) is 6.10 Å². The SMILES string of the molecule is CNC(CN1CCCC(OC)C1)(C(N)=O)C1CC1. The van der Waals surface area contributed by atoms with Crippen LogP contribution in [0.1, 0.15) is 25.7 Å². The van der Waals surface area contributed by atoms with Gasteiger partial charge in [0.25, 0.3) is 0 Å². The molecule has 2 fully saturated rings. The minimum atomic E-state index is -0.546. The summed E-state index contributed by atoms with van der Waals surface area (Å²) in [6, 6.07) is 0. The van der Waals surface area contributed by atoms with E-state index in [1.807, 2.05) is 7.05 Å². The second-order valence-electron chi connectivity index (χ2n) is 5.59. The maximum atomic E-state index is 11.9. The number of piperidine rings is 1. The van der Waals surface area contributed by atoms with Crippen LogP contribution in [0.4, 0.5) is 0 Å². The number of hydrogen-bond donors (Lipinski definition) is 2.